The smallest absolute Gasteiger partial charge is 0.277 e. The molecule has 5 nitrogen and oxygen atoms in total. The Morgan fingerprint density at radius 3 is 2.55 bits per heavy atom. The molecule has 3 rings (SSSR count). The van der Waals surface area contributed by atoms with Crippen LogP contribution in [0.2, 0.25) is 0 Å². The molecular formula is C24H34N2O3. The summed E-state index contributed by atoms with van der Waals surface area (Å²) in [6.45, 7) is 8.21. The molecule has 1 saturated heterocycles. The SMILES string of the molecule is CCCCCCN1C(=O)C(c2ccc(C)c(C)c2)=C(N2CCCC(CO)C2)C1=O. The quantitative estimate of drug-likeness (QED) is 0.536. The normalized spacial score (nSPS) is 20.2. The number of piperidine rings is 1. The highest BCUT2D eigenvalue weighted by atomic mass is 16.3. The van der Waals surface area contributed by atoms with Crippen molar-refractivity contribution in [1.29, 1.82) is 0 Å². The first-order valence-corrected chi connectivity index (χ1v) is 11.0. The number of rotatable bonds is 8. The van der Waals surface area contributed by atoms with Crippen LogP contribution in [-0.2, 0) is 9.59 Å². The minimum Gasteiger partial charge on any atom is -0.396 e. The van der Waals surface area contributed by atoms with Gasteiger partial charge in [0.15, 0.2) is 0 Å². The van der Waals surface area contributed by atoms with Gasteiger partial charge in [0.25, 0.3) is 11.8 Å². The highest BCUT2D eigenvalue weighted by Gasteiger charge is 2.42. The van der Waals surface area contributed by atoms with E-state index in [0.717, 1.165) is 56.2 Å². The minimum absolute atomic E-state index is 0.117. The molecule has 2 aliphatic rings. The number of nitrogens with zero attached hydrogens (tertiary/aromatic N) is 2. The maximum atomic E-state index is 13.4. The predicted octanol–water partition coefficient (Wildman–Crippen LogP) is 3.67. The molecule has 2 amide bonds. The Balaban J connectivity index is 1.96. The molecule has 1 aromatic carbocycles. The van der Waals surface area contributed by atoms with Crippen LogP contribution in [0.25, 0.3) is 5.57 Å². The number of carbonyl (C=O) groups is 2. The van der Waals surface area contributed by atoms with Crippen LogP contribution >= 0.6 is 0 Å². The number of aryl methyl sites for hydroxylation is 2. The van der Waals surface area contributed by atoms with Crippen molar-refractivity contribution in [3.05, 3.63) is 40.6 Å². The van der Waals surface area contributed by atoms with Crippen LogP contribution in [0, 0.1) is 19.8 Å². The Morgan fingerprint density at radius 1 is 1.07 bits per heavy atom. The zero-order chi connectivity index (χ0) is 21.0. The van der Waals surface area contributed by atoms with Crippen molar-refractivity contribution in [2.24, 2.45) is 5.92 Å². The number of hydrogen-bond donors (Lipinski definition) is 1. The number of carbonyl (C=O) groups excluding carboxylic acids is 2. The molecular weight excluding hydrogens is 364 g/mol. The van der Waals surface area contributed by atoms with Gasteiger partial charge in [0, 0.05) is 26.2 Å². The monoisotopic (exact) mass is 398 g/mol. The van der Waals surface area contributed by atoms with E-state index in [2.05, 4.69) is 6.92 Å². The van der Waals surface area contributed by atoms with E-state index in [4.69, 9.17) is 0 Å². The Hall–Kier alpha value is -2.14. The third-order valence-electron chi connectivity index (χ3n) is 6.27. The molecule has 158 valence electrons. The molecule has 1 aromatic rings. The molecule has 2 aliphatic heterocycles. The van der Waals surface area contributed by atoms with Crippen molar-refractivity contribution in [3.63, 3.8) is 0 Å². The van der Waals surface area contributed by atoms with Gasteiger partial charge in [-0.3, -0.25) is 14.5 Å². The third kappa shape index (κ3) is 4.55. The number of amides is 2. The fourth-order valence-corrected chi connectivity index (χ4v) is 4.33. The van der Waals surface area contributed by atoms with E-state index >= 15 is 0 Å². The summed E-state index contributed by atoms with van der Waals surface area (Å²) in [6, 6.07) is 5.99. The topological polar surface area (TPSA) is 60.9 Å². The van der Waals surface area contributed by atoms with E-state index in [-0.39, 0.29) is 24.3 Å². The summed E-state index contributed by atoms with van der Waals surface area (Å²) < 4.78 is 0. The molecule has 0 bridgehead atoms. The molecule has 1 fully saturated rings. The van der Waals surface area contributed by atoms with Crippen LogP contribution in [0.4, 0.5) is 0 Å². The minimum atomic E-state index is -0.170. The standard InChI is InChI=1S/C24H34N2O3/c1-4-5-6-7-13-26-23(28)21(20-11-10-17(2)18(3)14-20)22(24(26)29)25-12-8-9-19(15-25)16-27/h10-11,14,19,27H,4-9,12-13,15-16H2,1-3H3. The second kappa shape index (κ2) is 9.57. The maximum absolute atomic E-state index is 13.4. The fraction of sp³-hybridized carbons (Fsp3) is 0.583. The van der Waals surface area contributed by atoms with E-state index < -0.39 is 0 Å². The largest absolute Gasteiger partial charge is 0.396 e. The second-order valence-electron chi connectivity index (χ2n) is 8.48. The van der Waals surface area contributed by atoms with Gasteiger partial charge in [-0.2, -0.15) is 0 Å². The summed E-state index contributed by atoms with van der Waals surface area (Å²) in [7, 11) is 0. The van der Waals surface area contributed by atoms with Gasteiger partial charge in [0.05, 0.1) is 5.57 Å². The van der Waals surface area contributed by atoms with Crippen molar-refractivity contribution in [1.82, 2.24) is 9.80 Å². The van der Waals surface area contributed by atoms with E-state index in [1.807, 2.05) is 36.9 Å². The summed E-state index contributed by atoms with van der Waals surface area (Å²) in [6.07, 6.45) is 5.99. The van der Waals surface area contributed by atoms with Crippen LogP contribution in [0.15, 0.2) is 23.9 Å². The summed E-state index contributed by atoms with van der Waals surface area (Å²) in [5.74, 6) is -0.187. The lowest BCUT2D eigenvalue weighted by Crippen LogP contribution is -2.40. The van der Waals surface area contributed by atoms with Crippen molar-refractivity contribution in [2.75, 3.05) is 26.2 Å². The van der Waals surface area contributed by atoms with Gasteiger partial charge in [-0.05, 0) is 55.7 Å². The molecule has 1 N–H and O–H groups in total. The van der Waals surface area contributed by atoms with Crippen LogP contribution in [0.1, 0.15) is 62.1 Å². The molecule has 5 heteroatoms. The fourth-order valence-electron chi connectivity index (χ4n) is 4.33. The van der Waals surface area contributed by atoms with Crippen molar-refractivity contribution in [3.8, 4) is 0 Å². The lowest BCUT2D eigenvalue weighted by molar-refractivity contribution is -0.137. The number of hydrogen-bond acceptors (Lipinski definition) is 4. The Bertz CT molecular complexity index is 799. The van der Waals surface area contributed by atoms with Gasteiger partial charge >= 0.3 is 0 Å². The Kier molecular flexibility index (Phi) is 7.12. The van der Waals surface area contributed by atoms with Crippen LogP contribution in [0.3, 0.4) is 0 Å². The highest BCUT2D eigenvalue weighted by molar-refractivity contribution is 6.35. The number of imide groups is 1. The first-order valence-electron chi connectivity index (χ1n) is 11.0. The first-order chi connectivity index (χ1) is 14.0. The second-order valence-corrected chi connectivity index (χ2v) is 8.48. The average molecular weight is 399 g/mol. The van der Waals surface area contributed by atoms with Gasteiger partial charge < -0.3 is 10.0 Å². The van der Waals surface area contributed by atoms with E-state index in [1.54, 1.807) is 0 Å². The molecule has 0 spiro atoms. The Morgan fingerprint density at radius 2 is 1.86 bits per heavy atom. The molecule has 1 unspecified atom stereocenters. The molecule has 0 aromatic heterocycles. The maximum Gasteiger partial charge on any atom is 0.277 e. The number of unbranched alkanes of at least 4 members (excludes halogenated alkanes) is 3. The van der Waals surface area contributed by atoms with Crippen LogP contribution in [-0.4, -0.2) is 53.0 Å². The molecule has 0 saturated carbocycles. The van der Waals surface area contributed by atoms with Gasteiger partial charge in [-0.1, -0.05) is 44.4 Å². The molecule has 29 heavy (non-hydrogen) atoms. The van der Waals surface area contributed by atoms with E-state index in [1.165, 1.54) is 10.5 Å². The lowest BCUT2D eigenvalue weighted by Gasteiger charge is -2.34. The molecule has 1 atom stereocenters. The van der Waals surface area contributed by atoms with E-state index in [0.29, 0.717) is 24.4 Å². The number of benzene rings is 1. The van der Waals surface area contributed by atoms with Crippen LogP contribution < -0.4 is 0 Å². The van der Waals surface area contributed by atoms with Gasteiger partial charge in [0.2, 0.25) is 0 Å². The van der Waals surface area contributed by atoms with Crippen LogP contribution in [0.5, 0.6) is 0 Å². The summed E-state index contributed by atoms with van der Waals surface area (Å²) in [5.41, 5.74) is 4.17. The molecule has 0 radical (unpaired) electrons. The zero-order valence-electron chi connectivity index (χ0n) is 18.0. The Labute approximate surface area is 174 Å². The summed E-state index contributed by atoms with van der Waals surface area (Å²) >= 11 is 0. The first kappa shape index (κ1) is 21.6. The molecule has 2 heterocycles. The molecule has 0 aliphatic carbocycles. The lowest BCUT2D eigenvalue weighted by atomic mass is 9.96. The number of aliphatic hydroxyl groups is 1. The van der Waals surface area contributed by atoms with Crippen molar-refractivity contribution >= 4 is 17.4 Å². The number of likely N-dealkylation sites (tertiary alicyclic amines) is 1. The zero-order valence-corrected chi connectivity index (χ0v) is 18.0. The van der Waals surface area contributed by atoms with Crippen molar-refractivity contribution in [2.45, 2.75) is 59.3 Å². The van der Waals surface area contributed by atoms with Gasteiger partial charge in [-0.25, -0.2) is 0 Å². The van der Waals surface area contributed by atoms with Gasteiger partial charge in [-0.15, -0.1) is 0 Å². The summed E-state index contributed by atoms with van der Waals surface area (Å²) in [5, 5.41) is 9.63. The van der Waals surface area contributed by atoms with E-state index in [9.17, 15) is 14.7 Å². The third-order valence-corrected chi connectivity index (χ3v) is 6.27. The highest BCUT2D eigenvalue weighted by Crippen LogP contribution is 2.34. The average Bonchev–Trinajstić information content (AvgIpc) is 2.97. The predicted molar refractivity (Wildman–Crippen MR) is 115 cm³/mol. The van der Waals surface area contributed by atoms with Gasteiger partial charge in [0.1, 0.15) is 5.70 Å². The van der Waals surface area contributed by atoms with Crippen molar-refractivity contribution < 1.29 is 14.7 Å². The summed E-state index contributed by atoms with van der Waals surface area (Å²) in [4.78, 5) is 30.2. The number of aliphatic hydroxyl groups excluding tert-OH is 1.